The standard InChI is InChI=1S/C20H18N2OS/c1-15-4-6-17(7-5-15)20(23)22-18-8-10-19(11-9-18)24-14-16-3-2-12-21-13-16/h2-13H,14H2,1H3,(H,22,23). The summed E-state index contributed by atoms with van der Waals surface area (Å²) in [6.45, 7) is 2.00. The Balaban J connectivity index is 1.58. The Morgan fingerprint density at radius 1 is 1.04 bits per heavy atom. The van der Waals surface area contributed by atoms with Gasteiger partial charge >= 0.3 is 0 Å². The fraction of sp³-hybridized carbons (Fsp3) is 0.100. The van der Waals surface area contributed by atoms with Gasteiger partial charge in [-0.3, -0.25) is 9.78 Å². The number of amides is 1. The number of hydrogen-bond acceptors (Lipinski definition) is 3. The van der Waals surface area contributed by atoms with Gasteiger partial charge in [-0.05, 0) is 55.0 Å². The van der Waals surface area contributed by atoms with E-state index in [4.69, 9.17) is 0 Å². The first-order chi connectivity index (χ1) is 11.7. The van der Waals surface area contributed by atoms with Gasteiger partial charge in [0.1, 0.15) is 0 Å². The molecule has 3 aromatic rings. The number of aromatic nitrogens is 1. The van der Waals surface area contributed by atoms with Crippen LogP contribution in [0.2, 0.25) is 0 Å². The summed E-state index contributed by atoms with van der Waals surface area (Å²) in [6, 6.07) is 19.5. The maximum atomic E-state index is 12.2. The third kappa shape index (κ3) is 4.46. The molecule has 0 aliphatic heterocycles. The Kier molecular flexibility index (Phi) is 5.29. The lowest BCUT2D eigenvalue weighted by molar-refractivity contribution is 0.102. The SMILES string of the molecule is Cc1ccc(C(=O)Nc2ccc(SCc3cccnc3)cc2)cc1. The normalized spacial score (nSPS) is 10.4. The number of nitrogens with zero attached hydrogens (tertiary/aromatic N) is 1. The van der Waals surface area contributed by atoms with Crippen molar-refractivity contribution >= 4 is 23.4 Å². The van der Waals surface area contributed by atoms with Crippen molar-refractivity contribution in [1.82, 2.24) is 4.98 Å². The van der Waals surface area contributed by atoms with E-state index in [1.54, 1.807) is 18.0 Å². The van der Waals surface area contributed by atoms with E-state index in [-0.39, 0.29) is 5.91 Å². The van der Waals surface area contributed by atoms with Gasteiger partial charge in [0.2, 0.25) is 0 Å². The highest BCUT2D eigenvalue weighted by molar-refractivity contribution is 7.98. The predicted molar refractivity (Wildman–Crippen MR) is 99.4 cm³/mol. The quantitative estimate of drug-likeness (QED) is 0.672. The van der Waals surface area contributed by atoms with Crippen LogP contribution in [0, 0.1) is 6.92 Å². The molecule has 0 radical (unpaired) electrons. The molecular weight excluding hydrogens is 316 g/mol. The summed E-state index contributed by atoms with van der Waals surface area (Å²) in [7, 11) is 0. The van der Waals surface area contributed by atoms with Crippen molar-refractivity contribution < 1.29 is 4.79 Å². The van der Waals surface area contributed by atoms with E-state index in [1.165, 1.54) is 5.56 Å². The van der Waals surface area contributed by atoms with Crippen LogP contribution in [0.4, 0.5) is 5.69 Å². The molecule has 3 rings (SSSR count). The Morgan fingerprint density at radius 2 is 1.79 bits per heavy atom. The van der Waals surface area contributed by atoms with E-state index in [1.807, 2.05) is 67.7 Å². The second-order valence-corrected chi connectivity index (χ2v) is 6.54. The summed E-state index contributed by atoms with van der Waals surface area (Å²) < 4.78 is 0. The fourth-order valence-electron chi connectivity index (χ4n) is 2.19. The number of carbonyl (C=O) groups is 1. The van der Waals surface area contributed by atoms with Crippen LogP contribution < -0.4 is 5.32 Å². The Morgan fingerprint density at radius 3 is 2.46 bits per heavy atom. The smallest absolute Gasteiger partial charge is 0.255 e. The zero-order valence-corrected chi connectivity index (χ0v) is 14.2. The van der Waals surface area contributed by atoms with E-state index in [0.717, 1.165) is 21.9 Å². The van der Waals surface area contributed by atoms with Gasteiger partial charge < -0.3 is 5.32 Å². The molecule has 0 fully saturated rings. The van der Waals surface area contributed by atoms with Gasteiger partial charge in [0.25, 0.3) is 5.91 Å². The van der Waals surface area contributed by atoms with E-state index in [2.05, 4.69) is 16.4 Å². The summed E-state index contributed by atoms with van der Waals surface area (Å²) in [5.74, 6) is 0.786. The number of pyridine rings is 1. The average molecular weight is 334 g/mol. The monoisotopic (exact) mass is 334 g/mol. The molecule has 1 N–H and O–H groups in total. The molecule has 120 valence electrons. The fourth-order valence-corrected chi connectivity index (χ4v) is 3.03. The van der Waals surface area contributed by atoms with Crippen LogP contribution in [0.25, 0.3) is 0 Å². The number of hydrogen-bond donors (Lipinski definition) is 1. The van der Waals surface area contributed by atoms with Gasteiger partial charge in [-0.1, -0.05) is 23.8 Å². The molecule has 0 bridgehead atoms. The van der Waals surface area contributed by atoms with Crippen LogP contribution in [0.3, 0.4) is 0 Å². The van der Waals surface area contributed by atoms with Crippen molar-refractivity contribution in [3.05, 3.63) is 89.7 Å². The van der Waals surface area contributed by atoms with Crippen LogP contribution >= 0.6 is 11.8 Å². The highest BCUT2D eigenvalue weighted by atomic mass is 32.2. The maximum Gasteiger partial charge on any atom is 0.255 e. The number of rotatable bonds is 5. The third-order valence-corrected chi connectivity index (χ3v) is 4.64. The average Bonchev–Trinajstić information content (AvgIpc) is 2.62. The number of carbonyl (C=O) groups excluding carboxylic acids is 1. The molecule has 2 aromatic carbocycles. The first-order valence-corrected chi connectivity index (χ1v) is 8.69. The second-order valence-electron chi connectivity index (χ2n) is 5.49. The molecule has 0 saturated heterocycles. The zero-order valence-electron chi connectivity index (χ0n) is 13.4. The number of benzene rings is 2. The summed E-state index contributed by atoms with van der Waals surface area (Å²) in [5.41, 5.74) is 3.79. The van der Waals surface area contributed by atoms with E-state index >= 15 is 0 Å². The third-order valence-electron chi connectivity index (χ3n) is 3.55. The van der Waals surface area contributed by atoms with Gasteiger partial charge in [0, 0.05) is 34.3 Å². The summed E-state index contributed by atoms with van der Waals surface area (Å²) in [6.07, 6.45) is 3.66. The second kappa shape index (κ2) is 7.79. The number of nitrogens with one attached hydrogen (secondary N) is 1. The van der Waals surface area contributed by atoms with Crippen molar-refractivity contribution in [3.8, 4) is 0 Å². The first-order valence-electron chi connectivity index (χ1n) is 7.70. The highest BCUT2D eigenvalue weighted by Gasteiger charge is 2.05. The molecule has 24 heavy (non-hydrogen) atoms. The lowest BCUT2D eigenvalue weighted by atomic mass is 10.1. The molecule has 4 heteroatoms. The maximum absolute atomic E-state index is 12.2. The predicted octanol–water partition coefficient (Wildman–Crippen LogP) is 4.93. The molecule has 0 aliphatic rings. The summed E-state index contributed by atoms with van der Waals surface area (Å²) in [5, 5.41) is 2.92. The molecule has 3 nitrogen and oxygen atoms in total. The van der Waals surface area contributed by atoms with E-state index in [9.17, 15) is 4.79 Å². The molecule has 0 unspecified atom stereocenters. The van der Waals surface area contributed by atoms with Crippen LogP contribution in [-0.2, 0) is 5.75 Å². The Labute approximate surface area is 146 Å². The lowest BCUT2D eigenvalue weighted by Crippen LogP contribution is -2.11. The van der Waals surface area contributed by atoms with Gasteiger partial charge in [-0.25, -0.2) is 0 Å². The van der Waals surface area contributed by atoms with Gasteiger partial charge in [0.05, 0.1) is 0 Å². The van der Waals surface area contributed by atoms with Crippen molar-refractivity contribution in [2.75, 3.05) is 5.32 Å². The minimum Gasteiger partial charge on any atom is -0.322 e. The number of aryl methyl sites for hydroxylation is 1. The first kappa shape index (κ1) is 16.3. The zero-order chi connectivity index (χ0) is 16.8. The molecule has 1 heterocycles. The minimum absolute atomic E-state index is 0.0919. The molecule has 0 saturated carbocycles. The van der Waals surface area contributed by atoms with Crippen molar-refractivity contribution in [2.45, 2.75) is 17.6 Å². The molecular formula is C20H18N2OS. The van der Waals surface area contributed by atoms with Crippen molar-refractivity contribution in [2.24, 2.45) is 0 Å². The highest BCUT2D eigenvalue weighted by Crippen LogP contribution is 2.24. The topological polar surface area (TPSA) is 42.0 Å². The lowest BCUT2D eigenvalue weighted by Gasteiger charge is -2.07. The van der Waals surface area contributed by atoms with Crippen molar-refractivity contribution in [1.29, 1.82) is 0 Å². The minimum atomic E-state index is -0.0919. The molecule has 0 atom stereocenters. The Bertz CT molecular complexity index is 799. The molecule has 0 spiro atoms. The van der Waals surface area contributed by atoms with Crippen LogP contribution in [0.5, 0.6) is 0 Å². The van der Waals surface area contributed by atoms with Crippen LogP contribution in [0.1, 0.15) is 21.5 Å². The Hall–Kier alpha value is -2.59. The van der Waals surface area contributed by atoms with Crippen molar-refractivity contribution in [3.63, 3.8) is 0 Å². The number of thioether (sulfide) groups is 1. The van der Waals surface area contributed by atoms with E-state index < -0.39 is 0 Å². The van der Waals surface area contributed by atoms with Gasteiger partial charge in [0.15, 0.2) is 0 Å². The summed E-state index contributed by atoms with van der Waals surface area (Å²) >= 11 is 1.75. The molecule has 1 amide bonds. The van der Waals surface area contributed by atoms with Gasteiger partial charge in [-0.15, -0.1) is 11.8 Å². The van der Waals surface area contributed by atoms with Crippen LogP contribution in [-0.4, -0.2) is 10.9 Å². The molecule has 1 aromatic heterocycles. The number of anilines is 1. The van der Waals surface area contributed by atoms with E-state index in [0.29, 0.717) is 5.56 Å². The largest absolute Gasteiger partial charge is 0.322 e. The molecule has 0 aliphatic carbocycles. The van der Waals surface area contributed by atoms with Crippen LogP contribution in [0.15, 0.2) is 78.0 Å². The van der Waals surface area contributed by atoms with Gasteiger partial charge in [-0.2, -0.15) is 0 Å². The summed E-state index contributed by atoms with van der Waals surface area (Å²) in [4.78, 5) is 17.5.